The Balaban J connectivity index is 2.49. The second-order valence-corrected chi connectivity index (χ2v) is 5.18. The van der Waals surface area contributed by atoms with Crippen molar-refractivity contribution in [1.82, 2.24) is 4.90 Å². The molecule has 6 nitrogen and oxygen atoms in total. The Morgan fingerprint density at radius 3 is 2.39 bits per heavy atom. The lowest BCUT2D eigenvalue weighted by Gasteiger charge is -2.26. The van der Waals surface area contributed by atoms with Crippen LogP contribution in [0.25, 0.3) is 0 Å². The number of ether oxygens (including phenoxy) is 1. The summed E-state index contributed by atoms with van der Waals surface area (Å²) < 4.78 is 20.2. The van der Waals surface area contributed by atoms with Crippen LogP contribution < -0.4 is 0 Å². The van der Waals surface area contributed by atoms with Gasteiger partial charge in [0.2, 0.25) is 17.6 Å². The lowest BCUT2D eigenvalue weighted by atomic mass is 9.81. The molecule has 2 amide bonds. The summed E-state index contributed by atoms with van der Waals surface area (Å²) in [5, 5.41) is 0. The standard InChI is InChI=1S/C16H16FNO5/c1-3-23-15(22)16(17,11-9-12(19)18(2)14(11)21)13(20)10-7-5-4-6-8-10/h4-8,11H,3,9H2,1-2H3/t11-,16-/m0/s1. The Morgan fingerprint density at radius 1 is 1.30 bits per heavy atom. The third kappa shape index (κ3) is 2.74. The van der Waals surface area contributed by atoms with Crippen LogP contribution in [0.3, 0.4) is 0 Å². The van der Waals surface area contributed by atoms with E-state index in [0.29, 0.717) is 0 Å². The van der Waals surface area contributed by atoms with Crippen molar-refractivity contribution >= 4 is 23.6 Å². The number of halogens is 1. The van der Waals surface area contributed by atoms with E-state index in [9.17, 15) is 19.2 Å². The summed E-state index contributed by atoms with van der Waals surface area (Å²) in [6.07, 6.45) is -0.552. The van der Waals surface area contributed by atoms with Gasteiger partial charge in [-0.15, -0.1) is 0 Å². The highest BCUT2D eigenvalue weighted by atomic mass is 19.1. The van der Waals surface area contributed by atoms with E-state index in [-0.39, 0.29) is 12.2 Å². The number of alkyl halides is 1. The van der Waals surface area contributed by atoms with Crippen molar-refractivity contribution < 1.29 is 28.3 Å². The zero-order valence-electron chi connectivity index (χ0n) is 12.7. The van der Waals surface area contributed by atoms with Gasteiger partial charge in [-0.1, -0.05) is 30.3 Å². The number of esters is 1. The number of nitrogens with zero attached hydrogens (tertiary/aromatic N) is 1. The minimum atomic E-state index is -3.23. The van der Waals surface area contributed by atoms with Crippen LogP contribution in [0.15, 0.2) is 30.3 Å². The topological polar surface area (TPSA) is 80.8 Å². The summed E-state index contributed by atoms with van der Waals surface area (Å²) in [6, 6.07) is 7.31. The average Bonchev–Trinajstić information content (AvgIpc) is 2.82. The van der Waals surface area contributed by atoms with Gasteiger partial charge in [-0.2, -0.15) is 0 Å². The van der Waals surface area contributed by atoms with Crippen LogP contribution in [-0.2, 0) is 19.1 Å². The summed E-state index contributed by atoms with van der Waals surface area (Å²) in [5.74, 6) is -5.90. The molecule has 1 aliphatic rings. The molecule has 1 aromatic carbocycles. The van der Waals surface area contributed by atoms with E-state index in [2.05, 4.69) is 4.74 Å². The van der Waals surface area contributed by atoms with Crippen LogP contribution in [0.5, 0.6) is 0 Å². The van der Waals surface area contributed by atoms with Crippen LogP contribution in [0, 0.1) is 5.92 Å². The summed E-state index contributed by atoms with van der Waals surface area (Å²) in [4.78, 5) is 49.2. The van der Waals surface area contributed by atoms with Gasteiger partial charge in [0, 0.05) is 19.0 Å². The van der Waals surface area contributed by atoms with Gasteiger partial charge in [-0.3, -0.25) is 19.3 Å². The monoisotopic (exact) mass is 321 g/mol. The van der Waals surface area contributed by atoms with Crippen LogP contribution in [0.4, 0.5) is 4.39 Å². The molecule has 0 radical (unpaired) electrons. The molecule has 1 aliphatic heterocycles. The van der Waals surface area contributed by atoms with E-state index in [4.69, 9.17) is 0 Å². The molecule has 7 heteroatoms. The maximum Gasteiger partial charge on any atom is 0.353 e. The number of rotatable bonds is 5. The number of carbonyl (C=O) groups is 4. The predicted octanol–water partition coefficient (Wildman–Crippen LogP) is 1.15. The highest BCUT2D eigenvalue weighted by Gasteiger charge is 2.61. The Labute approximate surface area is 132 Å². The molecule has 2 atom stereocenters. The molecule has 0 bridgehead atoms. The molecule has 1 fully saturated rings. The first-order valence-electron chi connectivity index (χ1n) is 7.10. The number of carbonyl (C=O) groups excluding carboxylic acids is 4. The Morgan fingerprint density at radius 2 is 1.91 bits per heavy atom. The molecule has 0 unspecified atom stereocenters. The van der Waals surface area contributed by atoms with Crippen molar-refractivity contribution in [1.29, 1.82) is 0 Å². The Bertz CT molecular complexity index is 660. The molecule has 2 rings (SSSR count). The quantitative estimate of drug-likeness (QED) is 0.352. The van der Waals surface area contributed by atoms with E-state index in [0.717, 1.165) is 4.90 Å². The van der Waals surface area contributed by atoms with E-state index in [1.165, 1.54) is 38.2 Å². The van der Waals surface area contributed by atoms with Crippen molar-refractivity contribution in [3.05, 3.63) is 35.9 Å². The lowest BCUT2D eigenvalue weighted by molar-refractivity contribution is -0.160. The van der Waals surface area contributed by atoms with Gasteiger partial charge in [0.1, 0.15) is 5.92 Å². The van der Waals surface area contributed by atoms with Gasteiger partial charge in [0.05, 0.1) is 6.61 Å². The fourth-order valence-corrected chi connectivity index (χ4v) is 2.50. The molecule has 0 aliphatic carbocycles. The third-order valence-corrected chi connectivity index (χ3v) is 3.80. The van der Waals surface area contributed by atoms with E-state index in [1.807, 2.05) is 0 Å². The first-order valence-corrected chi connectivity index (χ1v) is 7.10. The second kappa shape index (κ2) is 6.28. The minimum Gasteiger partial charge on any atom is -0.463 e. The maximum absolute atomic E-state index is 15.5. The molecule has 0 aromatic heterocycles. The Kier molecular flexibility index (Phi) is 4.58. The molecule has 0 spiro atoms. The van der Waals surface area contributed by atoms with E-state index in [1.54, 1.807) is 6.07 Å². The van der Waals surface area contributed by atoms with Gasteiger partial charge in [0.15, 0.2) is 0 Å². The minimum absolute atomic E-state index is 0.0714. The van der Waals surface area contributed by atoms with Gasteiger partial charge < -0.3 is 4.74 Å². The summed E-state index contributed by atoms with van der Waals surface area (Å²) in [5.41, 5.74) is -3.30. The highest BCUT2D eigenvalue weighted by Crippen LogP contribution is 2.36. The number of Topliss-reactive ketones (excluding diaryl/α,β-unsaturated/α-hetero) is 1. The molecule has 1 saturated heterocycles. The molecule has 1 aromatic rings. The SMILES string of the molecule is CCOC(=O)[C@@](F)(C(=O)c1ccccc1)[C@H]1CC(=O)N(C)C1=O. The highest BCUT2D eigenvalue weighted by molar-refractivity contribution is 6.20. The molecule has 0 saturated carbocycles. The Hall–Kier alpha value is -2.57. The third-order valence-electron chi connectivity index (χ3n) is 3.80. The first-order chi connectivity index (χ1) is 10.8. The van der Waals surface area contributed by atoms with Crippen LogP contribution in [-0.4, -0.2) is 47.8 Å². The maximum atomic E-state index is 15.5. The number of likely N-dealkylation sites (tertiary alicyclic amines) is 1. The fourth-order valence-electron chi connectivity index (χ4n) is 2.50. The number of hydrogen-bond acceptors (Lipinski definition) is 5. The number of imide groups is 1. The van der Waals surface area contributed by atoms with Crippen LogP contribution >= 0.6 is 0 Å². The van der Waals surface area contributed by atoms with E-state index < -0.39 is 41.6 Å². The zero-order chi connectivity index (χ0) is 17.2. The summed E-state index contributed by atoms with van der Waals surface area (Å²) in [6.45, 7) is 1.30. The van der Waals surface area contributed by atoms with Crippen LogP contribution in [0.1, 0.15) is 23.7 Å². The number of ketones is 1. The smallest absolute Gasteiger partial charge is 0.353 e. The molecule has 0 N–H and O–H groups in total. The fraction of sp³-hybridized carbons (Fsp3) is 0.375. The van der Waals surface area contributed by atoms with Gasteiger partial charge in [-0.25, -0.2) is 9.18 Å². The lowest BCUT2D eigenvalue weighted by Crippen LogP contribution is -2.52. The zero-order valence-corrected chi connectivity index (χ0v) is 12.7. The van der Waals surface area contributed by atoms with Crippen molar-refractivity contribution in [2.75, 3.05) is 13.7 Å². The van der Waals surface area contributed by atoms with Crippen molar-refractivity contribution in [2.24, 2.45) is 5.92 Å². The van der Waals surface area contributed by atoms with Gasteiger partial charge in [-0.05, 0) is 6.92 Å². The van der Waals surface area contributed by atoms with Crippen molar-refractivity contribution in [3.8, 4) is 0 Å². The molecule has 1 heterocycles. The summed E-state index contributed by atoms with van der Waals surface area (Å²) in [7, 11) is 1.18. The van der Waals surface area contributed by atoms with Crippen molar-refractivity contribution in [2.45, 2.75) is 19.0 Å². The first kappa shape index (κ1) is 16.8. The number of benzene rings is 1. The molecular weight excluding hydrogens is 305 g/mol. The molecule has 122 valence electrons. The molecular formula is C16H16FNO5. The number of amides is 2. The second-order valence-electron chi connectivity index (χ2n) is 5.18. The average molecular weight is 321 g/mol. The van der Waals surface area contributed by atoms with Crippen LogP contribution in [0.2, 0.25) is 0 Å². The largest absolute Gasteiger partial charge is 0.463 e. The van der Waals surface area contributed by atoms with Crippen molar-refractivity contribution in [3.63, 3.8) is 0 Å². The van der Waals surface area contributed by atoms with Gasteiger partial charge >= 0.3 is 5.97 Å². The number of hydrogen-bond donors (Lipinski definition) is 0. The predicted molar refractivity (Wildman–Crippen MR) is 77.1 cm³/mol. The molecule has 23 heavy (non-hydrogen) atoms. The summed E-state index contributed by atoms with van der Waals surface area (Å²) >= 11 is 0. The normalized spacial score (nSPS) is 20.3. The van der Waals surface area contributed by atoms with Gasteiger partial charge in [0.25, 0.3) is 5.67 Å². The van der Waals surface area contributed by atoms with E-state index >= 15 is 4.39 Å².